The Balaban J connectivity index is 0.000000206. The molecule has 0 unspecified atom stereocenters. The topological polar surface area (TPSA) is 77.6 Å². The Labute approximate surface area is 219 Å². The second-order valence-corrected chi connectivity index (χ2v) is 10.3. The fourth-order valence-corrected chi connectivity index (χ4v) is 5.55. The van der Waals surface area contributed by atoms with E-state index in [0.29, 0.717) is 5.69 Å². The normalized spacial score (nSPS) is 18.1. The maximum atomic E-state index is 13.3. The molecule has 0 atom stereocenters. The predicted octanol–water partition coefficient (Wildman–Crippen LogP) is 6.56. The molecule has 3 N–H and O–H groups in total. The Hall–Kier alpha value is -3.27. The molecule has 0 amide bonds. The number of hydrogen-bond acceptors (Lipinski definition) is 4. The van der Waals surface area contributed by atoms with E-state index in [1.807, 2.05) is 6.20 Å². The van der Waals surface area contributed by atoms with Crippen LogP contribution in [0.2, 0.25) is 0 Å². The number of ether oxygens (including phenoxy) is 1. The lowest BCUT2D eigenvalue weighted by molar-refractivity contribution is -0.178. The average Bonchev–Trinajstić information content (AvgIpc) is 3.36. The number of nitrogens with zero attached hydrogens (tertiary/aromatic N) is 1. The van der Waals surface area contributed by atoms with E-state index in [9.17, 15) is 22.4 Å². The summed E-state index contributed by atoms with van der Waals surface area (Å²) in [5.41, 5.74) is 3.87. The number of benzene rings is 2. The minimum absolute atomic E-state index is 0.0734. The van der Waals surface area contributed by atoms with Crippen LogP contribution in [0.5, 0.6) is 5.75 Å². The third-order valence-electron chi connectivity index (χ3n) is 7.47. The average molecular weight is 536 g/mol. The number of nitrogens with one attached hydrogen (secondary N) is 2. The van der Waals surface area contributed by atoms with Crippen LogP contribution in [0, 0.1) is 12.3 Å². The molecule has 6 nitrogen and oxygen atoms in total. The molecule has 1 saturated heterocycles. The summed E-state index contributed by atoms with van der Waals surface area (Å²) < 4.78 is 55.7. The van der Waals surface area contributed by atoms with Crippen molar-refractivity contribution in [1.29, 1.82) is 0 Å². The SMILES string of the molecule is COc1cc(C)c2[nH]ccc2c1CN1CCC2(CC1)CC(F)(F)C2.O=C(O)c1cccc(NCC(F)F)c1. The minimum atomic E-state index is -2.46. The van der Waals surface area contributed by atoms with Gasteiger partial charge >= 0.3 is 5.97 Å². The van der Waals surface area contributed by atoms with Gasteiger partial charge < -0.3 is 20.1 Å². The standard InChI is InChI=1S/C19H24F2N2O.C9H9F2NO2/c1-13-9-16(24-2)15(14-3-6-22-17(13)14)10-23-7-4-18(5-8-23)11-19(20,21)12-18;10-8(11)5-12-7-3-1-2-6(4-7)9(13)14/h3,6,9,22H,4-5,7-8,10-12H2,1-2H3;1-4,8,12H,5H2,(H,13,14). The number of anilines is 1. The first-order valence-electron chi connectivity index (χ1n) is 12.6. The smallest absolute Gasteiger partial charge is 0.335 e. The molecule has 1 saturated carbocycles. The molecule has 2 aromatic carbocycles. The monoisotopic (exact) mass is 535 g/mol. The van der Waals surface area contributed by atoms with Gasteiger partial charge in [-0.1, -0.05) is 6.07 Å². The van der Waals surface area contributed by atoms with Gasteiger partial charge in [-0.25, -0.2) is 22.4 Å². The highest BCUT2D eigenvalue weighted by molar-refractivity contribution is 5.89. The number of rotatable bonds is 7. The van der Waals surface area contributed by atoms with Crippen LogP contribution in [-0.4, -0.2) is 60.1 Å². The molecule has 1 spiro atoms. The van der Waals surface area contributed by atoms with E-state index < -0.39 is 24.9 Å². The number of methoxy groups -OCH3 is 1. The number of aromatic carboxylic acids is 1. The summed E-state index contributed by atoms with van der Waals surface area (Å²) in [4.78, 5) is 16.2. The van der Waals surface area contributed by atoms with Crippen LogP contribution < -0.4 is 10.1 Å². The molecule has 2 fully saturated rings. The van der Waals surface area contributed by atoms with E-state index in [1.54, 1.807) is 7.11 Å². The number of fused-ring (bicyclic) bond motifs is 1. The van der Waals surface area contributed by atoms with E-state index in [1.165, 1.54) is 40.8 Å². The van der Waals surface area contributed by atoms with Gasteiger partial charge in [0.1, 0.15) is 5.75 Å². The fraction of sp³-hybridized carbons (Fsp3) is 0.464. The van der Waals surface area contributed by atoms with E-state index in [4.69, 9.17) is 9.84 Å². The number of piperidine rings is 1. The van der Waals surface area contributed by atoms with Crippen molar-refractivity contribution < 1.29 is 32.2 Å². The second kappa shape index (κ2) is 11.2. The van der Waals surface area contributed by atoms with Crippen LogP contribution in [0.1, 0.15) is 47.2 Å². The molecule has 1 aliphatic carbocycles. The summed E-state index contributed by atoms with van der Waals surface area (Å²) in [6.45, 7) is 4.18. The second-order valence-electron chi connectivity index (χ2n) is 10.3. The highest BCUT2D eigenvalue weighted by Crippen LogP contribution is 2.57. The number of H-pyrrole nitrogens is 1. The lowest BCUT2D eigenvalue weighted by Gasteiger charge is -2.51. The van der Waals surface area contributed by atoms with Gasteiger partial charge in [-0.15, -0.1) is 0 Å². The molecule has 5 rings (SSSR count). The van der Waals surface area contributed by atoms with Crippen molar-refractivity contribution >= 4 is 22.6 Å². The first kappa shape index (κ1) is 27.8. The van der Waals surface area contributed by atoms with E-state index >= 15 is 0 Å². The van der Waals surface area contributed by atoms with Crippen LogP contribution in [0.15, 0.2) is 42.6 Å². The molecule has 0 radical (unpaired) electrons. The zero-order chi connectivity index (χ0) is 27.5. The van der Waals surface area contributed by atoms with Gasteiger partial charge in [-0.3, -0.25) is 4.90 Å². The highest BCUT2D eigenvalue weighted by Gasteiger charge is 2.56. The van der Waals surface area contributed by atoms with Crippen molar-refractivity contribution in [3.63, 3.8) is 0 Å². The fourth-order valence-electron chi connectivity index (χ4n) is 5.55. The number of aromatic nitrogens is 1. The third kappa shape index (κ3) is 6.40. The van der Waals surface area contributed by atoms with Crippen molar-refractivity contribution in [2.24, 2.45) is 5.41 Å². The van der Waals surface area contributed by atoms with E-state index in [2.05, 4.69) is 34.3 Å². The van der Waals surface area contributed by atoms with E-state index in [-0.39, 0.29) is 23.8 Å². The Bertz CT molecular complexity index is 1260. The van der Waals surface area contributed by atoms with Gasteiger partial charge in [0.25, 0.3) is 6.43 Å². The number of aromatic amines is 1. The summed E-state index contributed by atoms with van der Waals surface area (Å²) in [5.74, 6) is -2.58. The summed E-state index contributed by atoms with van der Waals surface area (Å²) >= 11 is 0. The Morgan fingerprint density at radius 2 is 1.89 bits per heavy atom. The molecule has 0 bridgehead atoms. The number of carbonyl (C=O) groups is 1. The maximum absolute atomic E-state index is 13.3. The molecular weight excluding hydrogens is 502 g/mol. The van der Waals surface area contributed by atoms with Gasteiger partial charge in [0.05, 0.1) is 19.2 Å². The number of hydrogen-bond donors (Lipinski definition) is 3. The Morgan fingerprint density at radius 1 is 1.18 bits per heavy atom. The van der Waals surface area contributed by atoms with Crippen molar-refractivity contribution in [3.8, 4) is 5.75 Å². The van der Waals surface area contributed by atoms with Gasteiger partial charge in [-0.05, 0) is 74.2 Å². The van der Waals surface area contributed by atoms with Crippen LogP contribution >= 0.6 is 0 Å². The number of likely N-dealkylation sites (tertiary alicyclic amines) is 1. The summed E-state index contributed by atoms with van der Waals surface area (Å²) in [7, 11) is 1.71. The molecule has 10 heteroatoms. The predicted molar refractivity (Wildman–Crippen MR) is 139 cm³/mol. The lowest BCUT2D eigenvalue weighted by Crippen LogP contribution is -2.52. The van der Waals surface area contributed by atoms with Gasteiger partial charge in [0.15, 0.2) is 0 Å². The molecule has 2 heterocycles. The largest absolute Gasteiger partial charge is 0.496 e. The minimum Gasteiger partial charge on any atom is -0.496 e. The van der Waals surface area contributed by atoms with Crippen LogP contribution in [0.25, 0.3) is 10.9 Å². The maximum Gasteiger partial charge on any atom is 0.335 e. The quantitative estimate of drug-likeness (QED) is 0.299. The number of carboxylic acid groups (broad SMARTS) is 1. The van der Waals surface area contributed by atoms with Crippen molar-refractivity contribution in [2.45, 2.75) is 51.5 Å². The van der Waals surface area contributed by atoms with Crippen molar-refractivity contribution in [3.05, 3.63) is 59.3 Å². The van der Waals surface area contributed by atoms with Crippen LogP contribution in [0.4, 0.5) is 23.2 Å². The molecule has 206 valence electrons. The number of halogens is 4. The highest BCUT2D eigenvalue weighted by atomic mass is 19.3. The first-order chi connectivity index (χ1) is 18.0. The van der Waals surface area contributed by atoms with Gasteiger partial charge in [0, 0.05) is 47.7 Å². The first-order valence-corrected chi connectivity index (χ1v) is 12.6. The Kier molecular flexibility index (Phi) is 8.20. The van der Waals surface area contributed by atoms with Gasteiger partial charge in [-0.2, -0.15) is 0 Å². The molecule has 3 aromatic rings. The number of aryl methyl sites for hydroxylation is 1. The molecular formula is C28H33F4N3O3. The number of alkyl halides is 4. The molecule has 38 heavy (non-hydrogen) atoms. The summed E-state index contributed by atoms with van der Waals surface area (Å²) in [5, 5.41) is 12.2. The van der Waals surface area contributed by atoms with Crippen molar-refractivity contribution in [1.82, 2.24) is 9.88 Å². The van der Waals surface area contributed by atoms with Gasteiger partial charge in [0.2, 0.25) is 5.92 Å². The molecule has 1 aliphatic heterocycles. The summed E-state index contributed by atoms with van der Waals surface area (Å²) in [6, 6.07) is 9.91. The zero-order valence-corrected chi connectivity index (χ0v) is 21.5. The number of carboxylic acids is 1. The van der Waals surface area contributed by atoms with Crippen molar-refractivity contribution in [2.75, 3.05) is 32.1 Å². The van der Waals surface area contributed by atoms with Crippen LogP contribution in [0.3, 0.4) is 0 Å². The molecule has 1 aromatic heterocycles. The third-order valence-corrected chi connectivity index (χ3v) is 7.47. The van der Waals surface area contributed by atoms with E-state index in [0.717, 1.165) is 43.7 Å². The lowest BCUT2D eigenvalue weighted by atomic mass is 9.61. The Morgan fingerprint density at radius 3 is 2.50 bits per heavy atom. The van der Waals surface area contributed by atoms with Crippen LogP contribution in [-0.2, 0) is 6.54 Å². The zero-order valence-electron chi connectivity index (χ0n) is 21.5. The molecule has 2 aliphatic rings. The summed E-state index contributed by atoms with van der Waals surface area (Å²) in [6.07, 6.45) is 1.44.